The third-order valence-electron chi connectivity index (χ3n) is 5.71. The van der Waals surface area contributed by atoms with Crippen LogP contribution in [-0.2, 0) is 14.3 Å². The maximum atomic E-state index is 12.5. The average molecular weight is 393 g/mol. The Bertz CT molecular complexity index is 699. The Hall–Kier alpha value is -1.77. The van der Waals surface area contributed by atoms with E-state index < -0.39 is 18.2 Å². The molecular formula is C20H31N3O5. The van der Waals surface area contributed by atoms with Crippen LogP contribution in [-0.4, -0.2) is 40.1 Å². The van der Waals surface area contributed by atoms with Gasteiger partial charge in [0.2, 0.25) is 5.91 Å². The molecule has 28 heavy (non-hydrogen) atoms. The molecular weight excluding hydrogens is 362 g/mol. The molecule has 0 aromatic carbocycles. The monoisotopic (exact) mass is 393 g/mol. The lowest BCUT2D eigenvalue weighted by molar-refractivity contribution is -0.121. The van der Waals surface area contributed by atoms with Crippen molar-refractivity contribution in [1.29, 1.82) is 0 Å². The van der Waals surface area contributed by atoms with Gasteiger partial charge in [-0.1, -0.05) is 32.6 Å². The lowest BCUT2D eigenvalue weighted by Gasteiger charge is -2.27. The number of hydrogen-bond donors (Lipinski definition) is 2. The van der Waals surface area contributed by atoms with Crippen molar-refractivity contribution in [2.45, 2.75) is 70.8 Å². The minimum Gasteiger partial charge on any atom is -0.391 e. The van der Waals surface area contributed by atoms with Crippen LogP contribution in [0.4, 0.5) is 5.82 Å². The van der Waals surface area contributed by atoms with Crippen molar-refractivity contribution in [3.63, 3.8) is 0 Å². The fourth-order valence-corrected chi connectivity index (χ4v) is 4.01. The van der Waals surface area contributed by atoms with E-state index in [0.29, 0.717) is 0 Å². The average Bonchev–Trinajstić information content (AvgIpc) is 3.18. The smallest absolute Gasteiger partial charge is 0.351 e. The molecule has 2 atom stereocenters. The van der Waals surface area contributed by atoms with Gasteiger partial charge in [0.1, 0.15) is 5.82 Å². The number of aromatic nitrogens is 2. The molecule has 1 aliphatic heterocycles. The second-order valence-corrected chi connectivity index (χ2v) is 7.74. The van der Waals surface area contributed by atoms with E-state index in [4.69, 9.17) is 14.6 Å². The Morgan fingerprint density at radius 1 is 1.32 bits per heavy atom. The van der Waals surface area contributed by atoms with E-state index in [2.05, 4.69) is 17.2 Å². The second kappa shape index (κ2) is 10.1. The number of anilines is 1. The van der Waals surface area contributed by atoms with Crippen LogP contribution in [0.3, 0.4) is 0 Å². The van der Waals surface area contributed by atoms with E-state index in [-0.39, 0.29) is 30.9 Å². The highest BCUT2D eigenvalue weighted by atomic mass is 16.7. The van der Waals surface area contributed by atoms with Crippen LogP contribution in [0.2, 0.25) is 0 Å². The van der Waals surface area contributed by atoms with E-state index in [1.807, 2.05) is 0 Å². The van der Waals surface area contributed by atoms with Crippen LogP contribution in [0.15, 0.2) is 17.1 Å². The van der Waals surface area contributed by atoms with Crippen LogP contribution in [0.1, 0.15) is 64.5 Å². The van der Waals surface area contributed by atoms with Crippen LogP contribution >= 0.6 is 0 Å². The topological polar surface area (TPSA) is 103 Å². The highest BCUT2D eigenvalue weighted by molar-refractivity contribution is 5.91. The zero-order valence-electron chi connectivity index (χ0n) is 16.5. The summed E-state index contributed by atoms with van der Waals surface area (Å²) in [6, 6.07) is 1.59. The summed E-state index contributed by atoms with van der Waals surface area (Å²) in [5, 5.41) is 11.8. The quantitative estimate of drug-likeness (QED) is 0.658. The van der Waals surface area contributed by atoms with Gasteiger partial charge < -0.3 is 19.9 Å². The number of nitrogens with zero attached hydrogens (tertiary/aromatic N) is 2. The molecule has 2 N–H and O–H groups in total. The van der Waals surface area contributed by atoms with Crippen molar-refractivity contribution in [2.24, 2.45) is 11.8 Å². The molecule has 1 aromatic heterocycles. The zero-order valence-corrected chi connectivity index (χ0v) is 16.5. The minimum absolute atomic E-state index is 0.0106. The van der Waals surface area contributed by atoms with Gasteiger partial charge in [-0.3, -0.25) is 9.36 Å². The lowest BCUT2D eigenvalue weighted by Crippen LogP contribution is -2.31. The number of hydrogen-bond acceptors (Lipinski definition) is 6. The first-order chi connectivity index (χ1) is 13.6. The molecule has 1 aliphatic carbocycles. The fraction of sp³-hybridized carbons (Fsp3) is 0.750. The Morgan fingerprint density at radius 3 is 2.75 bits per heavy atom. The van der Waals surface area contributed by atoms with E-state index in [1.165, 1.54) is 36.4 Å². The molecule has 8 nitrogen and oxygen atoms in total. The minimum atomic E-state index is -0.728. The SMILES string of the molecule is CCCCCC1CCC(C(=O)Nc2ccn([C@@H]3CO[C@H](CO)O3)c(=O)n2)CC1. The van der Waals surface area contributed by atoms with Gasteiger partial charge in [-0.05, 0) is 37.7 Å². The Balaban J connectivity index is 1.50. The molecule has 1 saturated heterocycles. The van der Waals surface area contributed by atoms with E-state index in [0.717, 1.165) is 31.6 Å². The molecule has 3 rings (SSSR count). The molecule has 0 bridgehead atoms. The van der Waals surface area contributed by atoms with Crippen molar-refractivity contribution in [3.8, 4) is 0 Å². The van der Waals surface area contributed by atoms with Gasteiger partial charge in [0, 0.05) is 12.1 Å². The maximum Gasteiger partial charge on any atom is 0.351 e. The molecule has 1 aromatic rings. The van der Waals surface area contributed by atoms with Gasteiger partial charge in [0.15, 0.2) is 12.5 Å². The summed E-state index contributed by atoms with van der Waals surface area (Å²) in [6.07, 6.45) is 9.26. The van der Waals surface area contributed by atoms with Gasteiger partial charge in [-0.15, -0.1) is 0 Å². The number of carbonyl (C=O) groups excluding carboxylic acids is 1. The number of rotatable bonds is 8. The van der Waals surface area contributed by atoms with Gasteiger partial charge in [-0.25, -0.2) is 4.79 Å². The summed E-state index contributed by atoms with van der Waals surface area (Å²) in [5.74, 6) is 0.934. The van der Waals surface area contributed by atoms with E-state index in [9.17, 15) is 9.59 Å². The van der Waals surface area contributed by atoms with Crippen LogP contribution in [0, 0.1) is 11.8 Å². The van der Waals surface area contributed by atoms with Gasteiger partial charge in [-0.2, -0.15) is 4.98 Å². The molecule has 0 unspecified atom stereocenters. The zero-order chi connectivity index (χ0) is 19.9. The first kappa shape index (κ1) is 21.0. The maximum absolute atomic E-state index is 12.5. The summed E-state index contributed by atoms with van der Waals surface area (Å²) in [4.78, 5) is 28.7. The third-order valence-corrected chi connectivity index (χ3v) is 5.71. The van der Waals surface area contributed by atoms with Gasteiger partial charge in [0.05, 0.1) is 13.2 Å². The fourth-order valence-electron chi connectivity index (χ4n) is 4.01. The summed E-state index contributed by atoms with van der Waals surface area (Å²) in [6.45, 7) is 2.11. The highest BCUT2D eigenvalue weighted by Crippen LogP contribution is 2.32. The van der Waals surface area contributed by atoms with Crippen LogP contribution in [0.5, 0.6) is 0 Å². The van der Waals surface area contributed by atoms with Crippen molar-refractivity contribution in [1.82, 2.24) is 9.55 Å². The van der Waals surface area contributed by atoms with E-state index in [1.54, 1.807) is 6.07 Å². The molecule has 2 aliphatic rings. The summed E-state index contributed by atoms with van der Waals surface area (Å²) in [7, 11) is 0. The van der Waals surface area contributed by atoms with Crippen molar-refractivity contribution < 1.29 is 19.4 Å². The Labute approximate surface area is 165 Å². The standard InChI is InChI=1S/C20H31N3O5/c1-2-3-4-5-14-6-8-15(9-7-14)19(25)21-16-10-11-23(20(26)22-16)17-13-27-18(12-24)28-17/h10-11,14-15,17-18,24H,2-9,12-13H2,1H3,(H,21,22,25,26)/t14?,15?,17-,18-/m0/s1. The van der Waals surface area contributed by atoms with Gasteiger partial charge >= 0.3 is 5.69 Å². The number of amides is 1. The Morgan fingerprint density at radius 2 is 2.11 bits per heavy atom. The van der Waals surface area contributed by atoms with E-state index >= 15 is 0 Å². The van der Waals surface area contributed by atoms with Gasteiger partial charge in [0.25, 0.3) is 0 Å². The lowest BCUT2D eigenvalue weighted by atomic mass is 9.79. The molecule has 1 saturated carbocycles. The first-order valence-electron chi connectivity index (χ1n) is 10.4. The first-order valence-corrected chi connectivity index (χ1v) is 10.4. The molecule has 2 fully saturated rings. The molecule has 0 spiro atoms. The predicted octanol–water partition coefficient (Wildman–Crippen LogP) is 2.43. The number of aliphatic hydroxyl groups excluding tert-OH is 1. The summed E-state index contributed by atoms with van der Waals surface area (Å²) < 4.78 is 11.9. The molecule has 8 heteroatoms. The van der Waals surface area contributed by atoms with Crippen LogP contribution in [0.25, 0.3) is 0 Å². The number of nitrogens with one attached hydrogen (secondary N) is 1. The molecule has 0 radical (unpaired) electrons. The molecule has 2 heterocycles. The van der Waals surface area contributed by atoms with Crippen molar-refractivity contribution in [2.75, 3.05) is 18.5 Å². The third kappa shape index (κ3) is 5.40. The second-order valence-electron chi connectivity index (χ2n) is 7.74. The van der Waals surface area contributed by atoms with Crippen LogP contribution < -0.4 is 11.0 Å². The highest BCUT2D eigenvalue weighted by Gasteiger charge is 2.28. The molecule has 156 valence electrons. The van der Waals surface area contributed by atoms with Crippen molar-refractivity contribution in [3.05, 3.63) is 22.7 Å². The Kier molecular flexibility index (Phi) is 7.58. The number of carbonyl (C=O) groups is 1. The number of aliphatic hydroxyl groups is 1. The predicted molar refractivity (Wildman–Crippen MR) is 104 cm³/mol. The van der Waals surface area contributed by atoms with Crippen molar-refractivity contribution >= 4 is 11.7 Å². The normalized spacial score (nSPS) is 27.6. The largest absolute Gasteiger partial charge is 0.391 e. The number of ether oxygens (including phenoxy) is 2. The number of unbranched alkanes of at least 4 members (excludes halogenated alkanes) is 2. The molecule has 1 amide bonds. The summed E-state index contributed by atoms with van der Waals surface area (Å²) in [5.41, 5.74) is -0.523. The summed E-state index contributed by atoms with van der Waals surface area (Å²) >= 11 is 0.